The highest BCUT2D eigenvalue weighted by Crippen LogP contribution is 2.11. The summed E-state index contributed by atoms with van der Waals surface area (Å²) in [6.45, 7) is 5.55. The van der Waals surface area contributed by atoms with Gasteiger partial charge in [0.1, 0.15) is 0 Å². The number of hydrogen-bond acceptors (Lipinski definition) is 4. The third kappa shape index (κ3) is 4.70. The van der Waals surface area contributed by atoms with E-state index in [1.165, 1.54) is 4.90 Å². The second-order valence-corrected chi connectivity index (χ2v) is 5.17. The van der Waals surface area contributed by atoms with Crippen LogP contribution in [0.5, 0.6) is 0 Å². The van der Waals surface area contributed by atoms with Crippen molar-refractivity contribution in [1.29, 1.82) is 5.26 Å². The second-order valence-electron chi connectivity index (χ2n) is 5.17. The molecule has 0 saturated carbocycles. The van der Waals surface area contributed by atoms with Crippen molar-refractivity contribution in [2.24, 2.45) is 5.92 Å². The molecular formula is C13H21N3O4. The van der Waals surface area contributed by atoms with Gasteiger partial charge in [-0.05, 0) is 5.92 Å². The minimum atomic E-state index is -1.06. The molecule has 0 aromatic carbocycles. The maximum absolute atomic E-state index is 12.4. The average molecular weight is 283 g/mol. The predicted octanol–water partition coefficient (Wildman–Crippen LogP) is 0.763. The van der Waals surface area contributed by atoms with Gasteiger partial charge in [-0.2, -0.15) is 5.26 Å². The van der Waals surface area contributed by atoms with Crippen LogP contribution in [0.4, 0.5) is 4.79 Å². The number of ether oxygens (including phenoxy) is 1. The molecular weight excluding hydrogens is 262 g/mol. The number of carbonyl (C=O) groups excluding carboxylic acids is 1. The Bertz CT molecular complexity index is 392. The normalized spacial score (nSPS) is 18.7. The van der Waals surface area contributed by atoms with Crippen LogP contribution in [0, 0.1) is 17.2 Å². The van der Waals surface area contributed by atoms with Crippen molar-refractivity contribution in [2.45, 2.75) is 26.4 Å². The molecule has 1 N–H and O–H groups in total. The summed E-state index contributed by atoms with van der Waals surface area (Å²) in [6, 6.07) is 1.81. The molecule has 1 heterocycles. The first kappa shape index (κ1) is 16.2. The summed E-state index contributed by atoms with van der Waals surface area (Å²) in [7, 11) is 0. The van der Waals surface area contributed by atoms with Crippen LogP contribution in [-0.2, 0) is 9.53 Å². The highest BCUT2D eigenvalue weighted by Gasteiger charge is 2.31. The van der Waals surface area contributed by atoms with Gasteiger partial charge in [0.2, 0.25) is 0 Å². The van der Waals surface area contributed by atoms with Crippen molar-refractivity contribution < 1.29 is 19.4 Å². The smallest absolute Gasteiger partial charge is 0.334 e. The van der Waals surface area contributed by atoms with Crippen molar-refractivity contribution in [1.82, 2.24) is 9.80 Å². The fourth-order valence-corrected chi connectivity index (χ4v) is 2.06. The third-order valence-corrected chi connectivity index (χ3v) is 2.96. The number of hydrogen-bond donors (Lipinski definition) is 1. The van der Waals surface area contributed by atoms with Crippen LogP contribution in [0.25, 0.3) is 0 Å². The van der Waals surface area contributed by atoms with Crippen LogP contribution in [0.2, 0.25) is 0 Å². The van der Waals surface area contributed by atoms with E-state index in [9.17, 15) is 9.59 Å². The summed E-state index contributed by atoms with van der Waals surface area (Å²) in [4.78, 5) is 26.4. The monoisotopic (exact) mass is 283 g/mol. The quantitative estimate of drug-likeness (QED) is 0.804. The number of carbonyl (C=O) groups is 2. The summed E-state index contributed by atoms with van der Waals surface area (Å²) < 4.78 is 5.10. The number of morpholine rings is 1. The Morgan fingerprint density at radius 3 is 2.80 bits per heavy atom. The molecule has 1 rings (SSSR count). The van der Waals surface area contributed by atoms with Gasteiger partial charge in [-0.15, -0.1) is 0 Å². The Labute approximate surface area is 118 Å². The molecule has 0 aromatic rings. The van der Waals surface area contributed by atoms with Crippen molar-refractivity contribution >= 4 is 12.0 Å². The third-order valence-electron chi connectivity index (χ3n) is 2.96. The van der Waals surface area contributed by atoms with Gasteiger partial charge in [-0.25, -0.2) is 9.59 Å². The molecule has 1 saturated heterocycles. The lowest BCUT2D eigenvalue weighted by Crippen LogP contribution is -2.53. The molecule has 1 aliphatic rings. The summed E-state index contributed by atoms with van der Waals surface area (Å²) >= 11 is 0. The van der Waals surface area contributed by atoms with Gasteiger partial charge in [0.05, 0.1) is 25.6 Å². The zero-order chi connectivity index (χ0) is 15.1. The van der Waals surface area contributed by atoms with Crippen LogP contribution >= 0.6 is 0 Å². The van der Waals surface area contributed by atoms with Crippen molar-refractivity contribution in [3.63, 3.8) is 0 Å². The predicted molar refractivity (Wildman–Crippen MR) is 71.0 cm³/mol. The molecule has 0 bridgehead atoms. The first-order chi connectivity index (χ1) is 9.45. The summed E-state index contributed by atoms with van der Waals surface area (Å²) in [5.41, 5.74) is 0. The van der Waals surface area contributed by atoms with Crippen LogP contribution in [-0.4, -0.2) is 65.8 Å². The van der Waals surface area contributed by atoms with Gasteiger partial charge < -0.3 is 19.6 Å². The first-order valence-electron chi connectivity index (χ1n) is 6.71. The van der Waals surface area contributed by atoms with Gasteiger partial charge in [0.25, 0.3) is 0 Å². The van der Waals surface area contributed by atoms with E-state index < -0.39 is 12.1 Å². The Balaban J connectivity index is 2.67. The first-order valence-corrected chi connectivity index (χ1v) is 6.71. The Kier molecular flexibility index (Phi) is 6.25. The van der Waals surface area contributed by atoms with Crippen molar-refractivity contribution in [2.75, 3.05) is 32.8 Å². The fraction of sp³-hybridized carbons (Fsp3) is 0.769. The van der Waals surface area contributed by atoms with E-state index in [0.717, 1.165) is 0 Å². The largest absolute Gasteiger partial charge is 0.479 e. The van der Waals surface area contributed by atoms with E-state index in [-0.39, 0.29) is 31.5 Å². The highest BCUT2D eigenvalue weighted by atomic mass is 16.5. The average Bonchev–Trinajstić information content (AvgIpc) is 2.42. The van der Waals surface area contributed by atoms with Gasteiger partial charge in [0.15, 0.2) is 6.10 Å². The standard InChI is InChI=1S/C13H21N3O4/c1-10(2)8-15(5-3-4-14)13(19)16-6-7-20-11(9-16)12(17)18/h10-11H,3,5-9H2,1-2H3,(H,17,18). The van der Waals surface area contributed by atoms with Crippen LogP contribution in [0.3, 0.4) is 0 Å². The number of amides is 2. The van der Waals surface area contributed by atoms with Gasteiger partial charge in [-0.3, -0.25) is 0 Å². The van der Waals surface area contributed by atoms with Crippen LogP contribution in [0.1, 0.15) is 20.3 Å². The molecule has 0 aromatic heterocycles. The molecule has 1 fully saturated rings. The summed E-state index contributed by atoms with van der Waals surface area (Å²) in [5.74, 6) is -0.774. The molecule has 7 heteroatoms. The van der Waals surface area contributed by atoms with Crippen molar-refractivity contribution in [3.8, 4) is 6.07 Å². The Morgan fingerprint density at radius 1 is 1.55 bits per heavy atom. The molecule has 112 valence electrons. The van der Waals surface area contributed by atoms with Gasteiger partial charge in [0, 0.05) is 19.6 Å². The van der Waals surface area contributed by atoms with E-state index in [1.807, 2.05) is 19.9 Å². The maximum atomic E-state index is 12.4. The Hall–Kier alpha value is -1.81. The molecule has 1 unspecified atom stereocenters. The minimum Gasteiger partial charge on any atom is -0.479 e. The molecule has 1 aliphatic heterocycles. The maximum Gasteiger partial charge on any atom is 0.334 e. The lowest BCUT2D eigenvalue weighted by Gasteiger charge is -2.35. The number of carboxylic acid groups (broad SMARTS) is 1. The zero-order valence-corrected chi connectivity index (χ0v) is 11.9. The molecule has 1 atom stereocenters. The molecule has 0 radical (unpaired) electrons. The number of urea groups is 1. The second kappa shape index (κ2) is 7.70. The van der Waals surface area contributed by atoms with Gasteiger partial charge in [-0.1, -0.05) is 13.8 Å². The number of aliphatic carboxylic acids is 1. The van der Waals surface area contributed by atoms with E-state index in [0.29, 0.717) is 19.6 Å². The number of nitriles is 1. The van der Waals surface area contributed by atoms with Gasteiger partial charge >= 0.3 is 12.0 Å². The zero-order valence-electron chi connectivity index (χ0n) is 11.9. The van der Waals surface area contributed by atoms with E-state index in [1.54, 1.807) is 4.90 Å². The van der Waals surface area contributed by atoms with E-state index in [2.05, 4.69) is 0 Å². The van der Waals surface area contributed by atoms with E-state index in [4.69, 9.17) is 15.1 Å². The topological polar surface area (TPSA) is 93.9 Å². The molecule has 7 nitrogen and oxygen atoms in total. The molecule has 2 amide bonds. The summed E-state index contributed by atoms with van der Waals surface area (Å²) in [5, 5.41) is 17.6. The SMILES string of the molecule is CC(C)CN(CCC#N)C(=O)N1CCOC(C(=O)O)C1. The minimum absolute atomic E-state index is 0.0509. The Morgan fingerprint density at radius 2 is 2.25 bits per heavy atom. The van der Waals surface area contributed by atoms with Crippen LogP contribution in [0.15, 0.2) is 0 Å². The molecule has 0 spiro atoms. The summed E-state index contributed by atoms with van der Waals surface area (Å²) in [6.07, 6.45) is -0.699. The lowest BCUT2D eigenvalue weighted by molar-refractivity contribution is -0.154. The lowest BCUT2D eigenvalue weighted by atomic mass is 10.2. The molecule has 20 heavy (non-hydrogen) atoms. The molecule has 0 aliphatic carbocycles. The van der Waals surface area contributed by atoms with Crippen molar-refractivity contribution in [3.05, 3.63) is 0 Å². The highest BCUT2D eigenvalue weighted by molar-refractivity contribution is 5.77. The number of rotatable bonds is 5. The number of nitrogens with zero attached hydrogens (tertiary/aromatic N) is 3. The van der Waals surface area contributed by atoms with E-state index >= 15 is 0 Å². The number of carboxylic acids is 1. The van der Waals surface area contributed by atoms with Crippen LogP contribution < -0.4 is 0 Å². The fourth-order valence-electron chi connectivity index (χ4n) is 2.06.